The number of hydrogen-bond donors (Lipinski definition) is 0. The van der Waals surface area contributed by atoms with E-state index in [0.29, 0.717) is 31.9 Å². The minimum Gasteiger partial charge on any atom is -0.496 e. The molecule has 8 heteroatoms. The molecule has 0 N–H and O–H groups in total. The molecule has 1 saturated heterocycles. The van der Waals surface area contributed by atoms with E-state index < -0.39 is 4.92 Å². The average molecular weight is 359 g/mol. The molecular weight excluding hydrogens is 341 g/mol. The van der Waals surface area contributed by atoms with Crippen molar-refractivity contribution in [1.29, 1.82) is 0 Å². The van der Waals surface area contributed by atoms with Crippen molar-refractivity contribution < 1.29 is 18.8 Å². The summed E-state index contributed by atoms with van der Waals surface area (Å²) >= 11 is 0. The number of ether oxygens (including phenoxy) is 1. The zero-order chi connectivity index (χ0) is 18.7. The fourth-order valence-corrected chi connectivity index (χ4v) is 2.97. The van der Waals surface area contributed by atoms with Crippen LogP contribution in [0.15, 0.2) is 42.5 Å². The van der Waals surface area contributed by atoms with Crippen LogP contribution in [0, 0.1) is 15.9 Å². The Bertz CT molecular complexity index is 818. The van der Waals surface area contributed by atoms with Crippen molar-refractivity contribution in [3.8, 4) is 5.75 Å². The van der Waals surface area contributed by atoms with Crippen LogP contribution in [-0.4, -0.2) is 49.0 Å². The molecule has 1 aliphatic heterocycles. The molecule has 0 unspecified atom stereocenters. The number of nitro benzene ring substituents is 1. The van der Waals surface area contributed by atoms with E-state index in [1.54, 1.807) is 17.0 Å². The number of nitrogens with zero attached hydrogens (tertiary/aromatic N) is 3. The van der Waals surface area contributed by atoms with Gasteiger partial charge in [0.05, 0.1) is 17.6 Å². The van der Waals surface area contributed by atoms with Crippen LogP contribution in [-0.2, 0) is 0 Å². The van der Waals surface area contributed by atoms with Crippen molar-refractivity contribution >= 4 is 17.3 Å². The highest BCUT2D eigenvalue weighted by molar-refractivity contribution is 5.97. The third-order valence-corrected chi connectivity index (χ3v) is 4.38. The van der Waals surface area contributed by atoms with Crippen molar-refractivity contribution in [3.63, 3.8) is 0 Å². The first-order valence-corrected chi connectivity index (χ1v) is 8.12. The zero-order valence-electron chi connectivity index (χ0n) is 14.2. The Balaban J connectivity index is 1.73. The molecule has 1 heterocycles. The second kappa shape index (κ2) is 7.38. The molecule has 0 atom stereocenters. The molecule has 0 spiro atoms. The van der Waals surface area contributed by atoms with Gasteiger partial charge in [-0.15, -0.1) is 0 Å². The number of anilines is 1. The minimum atomic E-state index is -0.539. The molecule has 2 aromatic carbocycles. The number of carbonyl (C=O) groups excluding carboxylic acids is 1. The fraction of sp³-hybridized carbons (Fsp3) is 0.278. The van der Waals surface area contributed by atoms with Crippen LogP contribution < -0.4 is 9.64 Å². The molecule has 1 aliphatic rings. The second-order valence-electron chi connectivity index (χ2n) is 5.90. The highest BCUT2D eigenvalue weighted by atomic mass is 19.1. The molecule has 7 nitrogen and oxygen atoms in total. The Kier molecular flexibility index (Phi) is 5.01. The zero-order valence-corrected chi connectivity index (χ0v) is 14.2. The predicted octanol–water partition coefficient (Wildman–Crippen LogP) is 2.70. The molecule has 0 radical (unpaired) electrons. The normalized spacial score (nSPS) is 14.2. The van der Waals surface area contributed by atoms with E-state index in [1.807, 2.05) is 0 Å². The number of rotatable bonds is 4. The van der Waals surface area contributed by atoms with Gasteiger partial charge in [-0.3, -0.25) is 14.9 Å². The van der Waals surface area contributed by atoms with Crippen LogP contribution in [0.4, 0.5) is 15.8 Å². The lowest BCUT2D eigenvalue weighted by atomic mass is 10.1. The molecule has 0 bridgehead atoms. The van der Waals surface area contributed by atoms with E-state index in [4.69, 9.17) is 4.74 Å². The average Bonchev–Trinajstić information content (AvgIpc) is 2.67. The SMILES string of the molecule is COc1ccc([N+](=O)[O-])cc1C(=O)N1CCN(c2ccc(F)cc2)CC1. The lowest BCUT2D eigenvalue weighted by Gasteiger charge is -2.36. The third kappa shape index (κ3) is 3.58. The summed E-state index contributed by atoms with van der Waals surface area (Å²) in [4.78, 5) is 26.9. The standard InChI is InChI=1S/C18H18FN3O4/c1-26-17-7-6-15(22(24)25)12-16(17)18(23)21-10-8-20(9-11-21)14-4-2-13(19)3-5-14/h2-7,12H,8-11H2,1H3. The van der Waals surface area contributed by atoms with Gasteiger partial charge in [-0.1, -0.05) is 0 Å². The number of benzene rings is 2. The largest absolute Gasteiger partial charge is 0.496 e. The van der Waals surface area contributed by atoms with Gasteiger partial charge < -0.3 is 14.5 Å². The Labute approximate surface area is 149 Å². The van der Waals surface area contributed by atoms with E-state index in [0.717, 1.165) is 5.69 Å². The van der Waals surface area contributed by atoms with Crippen LogP contribution in [0.3, 0.4) is 0 Å². The molecule has 0 saturated carbocycles. The van der Waals surface area contributed by atoms with Crippen LogP contribution in [0.25, 0.3) is 0 Å². The van der Waals surface area contributed by atoms with Gasteiger partial charge in [0.15, 0.2) is 0 Å². The van der Waals surface area contributed by atoms with Crippen molar-refractivity contribution in [2.75, 3.05) is 38.2 Å². The number of amides is 1. The summed E-state index contributed by atoms with van der Waals surface area (Å²) in [6.45, 7) is 2.10. The van der Waals surface area contributed by atoms with Gasteiger partial charge in [0.25, 0.3) is 11.6 Å². The highest BCUT2D eigenvalue weighted by Gasteiger charge is 2.26. The van der Waals surface area contributed by atoms with Gasteiger partial charge in [-0.25, -0.2) is 4.39 Å². The number of nitro groups is 1. The summed E-state index contributed by atoms with van der Waals surface area (Å²) in [6, 6.07) is 10.2. The number of carbonyl (C=O) groups is 1. The maximum atomic E-state index is 13.0. The first-order valence-electron chi connectivity index (χ1n) is 8.12. The van der Waals surface area contributed by atoms with Crippen molar-refractivity contribution in [2.45, 2.75) is 0 Å². The molecule has 26 heavy (non-hydrogen) atoms. The summed E-state index contributed by atoms with van der Waals surface area (Å²) in [5.74, 6) is -0.286. The van der Waals surface area contributed by atoms with Crippen molar-refractivity contribution in [1.82, 2.24) is 4.90 Å². The highest BCUT2D eigenvalue weighted by Crippen LogP contribution is 2.26. The van der Waals surface area contributed by atoms with Gasteiger partial charge in [0.2, 0.25) is 0 Å². The summed E-state index contributed by atoms with van der Waals surface area (Å²) in [6.07, 6.45) is 0. The lowest BCUT2D eigenvalue weighted by molar-refractivity contribution is -0.384. The second-order valence-corrected chi connectivity index (χ2v) is 5.90. The number of non-ortho nitro benzene ring substituents is 1. The molecule has 2 aromatic rings. The Morgan fingerprint density at radius 2 is 1.77 bits per heavy atom. The van der Waals surface area contributed by atoms with Crippen LogP contribution in [0.2, 0.25) is 0 Å². The molecule has 0 aliphatic carbocycles. The number of hydrogen-bond acceptors (Lipinski definition) is 5. The molecule has 0 aromatic heterocycles. The fourth-order valence-electron chi connectivity index (χ4n) is 2.97. The van der Waals surface area contributed by atoms with E-state index in [-0.39, 0.29) is 23.0 Å². The summed E-state index contributed by atoms with van der Waals surface area (Å²) in [7, 11) is 1.42. The van der Waals surface area contributed by atoms with Crippen LogP contribution >= 0.6 is 0 Å². The van der Waals surface area contributed by atoms with E-state index in [2.05, 4.69) is 4.90 Å². The number of piperazine rings is 1. The quantitative estimate of drug-likeness (QED) is 0.620. The monoisotopic (exact) mass is 359 g/mol. The van der Waals surface area contributed by atoms with Gasteiger partial charge in [0, 0.05) is 44.0 Å². The lowest BCUT2D eigenvalue weighted by Crippen LogP contribution is -2.48. The maximum Gasteiger partial charge on any atom is 0.270 e. The molecule has 1 amide bonds. The van der Waals surface area contributed by atoms with Crippen LogP contribution in [0.5, 0.6) is 5.75 Å². The summed E-state index contributed by atoms with van der Waals surface area (Å²) < 4.78 is 18.2. The first kappa shape index (κ1) is 17.7. The third-order valence-electron chi connectivity index (χ3n) is 4.38. The molecule has 3 rings (SSSR count). The van der Waals surface area contributed by atoms with Gasteiger partial charge >= 0.3 is 0 Å². The topological polar surface area (TPSA) is 75.9 Å². The minimum absolute atomic E-state index is 0.154. The van der Waals surface area contributed by atoms with Gasteiger partial charge in [0.1, 0.15) is 11.6 Å². The van der Waals surface area contributed by atoms with Crippen LogP contribution in [0.1, 0.15) is 10.4 Å². The smallest absolute Gasteiger partial charge is 0.270 e. The molecule has 136 valence electrons. The Morgan fingerprint density at radius 3 is 2.35 bits per heavy atom. The Morgan fingerprint density at radius 1 is 1.12 bits per heavy atom. The summed E-state index contributed by atoms with van der Waals surface area (Å²) in [5, 5.41) is 11.0. The van der Waals surface area contributed by atoms with E-state index in [1.165, 1.54) is 37.4 Å². The van der Waals surface area contributed by atoms with Gasteiger partial charge in [-0.2, -0.15) is 0 Å². The predicted molar refractivity (Wildman–Crippen MR) is 94.2 cm³/mol. The summed E-state index contributed by atoms with van der Waals surface area (Å²) in [5.41, 5.74) is 0.919. The first-order chi connectivity index (χ1) is 12.5. The van der Waals surface area contributed by atoms with E-state index in [9.17, 15) is 19.3 Å². The maximum absolute atomic E-state index is 13.0. The van der Waals surface area contributed by atoms with Crippen molar-refractivity contribution in [2.24, 2.45) is 0 Å². The van der Waals surface area contributed by atoms with Crippen molar-refractivity contribution in [3.05, 3.63) is 64.0 Å². The number of methoxy groups -OCH3 is 1. The van der Waals surface area contributed by atoms with Gasteiger partial charge in [-0.05, 0) is 30.3 Å². The Hall–Kier alpha value is -3.16. The van der Waals surface area contributed by atoms with E-state index >= 15 is 0 Å². The number of halogens is 1. The molecule has 1 fully saturated rings. The molecular formula is C18H18FN3O4.